The standard InChI is InChI=1S/C23H34O2/c1-3-5-6-12-22-13-16-23(17-14-22,18-15-22)19-8-10-20(11-9-19)25-21(24)7-4-2/h8-11H,3-7,12-18H2,1-2H3. The van der Waals surface area contributed by atoms with Crippen molar-refractivity contribution in [1.29, 1.82) is 0 Å². The second kappa shape index (κ2) is 7.93. The molecule has 0 saturated heterocycles. The summed E-state index contributed by atoms with van der Waals surface area (Å²) in [7, 11) is 0. The molecule has 2 heteroatoms. The number of fused-ring (bicyclic) bond motifs is 3. The molecular weight excluding hydrogens is 308 g/mol. The van der Waals surface area contributed by atoms with Gasteiger partial charge in [0.15, 0.2) is 0 Å². The van der Waals surface area contributed by atoms with Crippen molar-refractivity contribution in [1.82, 2.24) is 0 Å². The predicted octanol–water partition coefficient (Wildman–Crippen LogP) is 6.56. The second-order valence-electron chi connectivity index (χ2n) is 8.49. The van der Waals surface area contributed by atoms with Crippen LogP contribution in [0.1, 0.15) is 96.5 Å². The number of rotatable bonds is 8. The number of hydrogen-bond acceptors (Lipinski definition) is 2. The third-order valence-corrected chi connectivity index (χ3v) is 6.86. The first-order valence-corrected chi connectivity index (χ1v) is 10.4. The Morgan fingerprint density at radius 3 is 2.12 bits per heavy atom. The third-order valence-electron chi connectivity index (χ3n) is 6.86. The molecule has 3 aliphatic rings. The summed E-state index contributed by atoms with van der Waals surface area (Å²) in [6.45, 7) is 4.30. The Morgan fingerprint density at radius 1 is 0.920 bits per heavy atom. The van der Waals surface area contributed by atoms with Gasteiger partial charge in [0.1, 0.15) is 5.75 Å². The van der Waals surface area contributed by atoms with Gasteiger partial charge in [-0.05, 0) is 79.9 Å². The summed E-state index contributed by atoms with van der Waals surface area (Å²) in [4.78, 5) is 11.6. The highest BCUT2D eigenvalue weighted by Crippen LogP contribution is 2.59. The molecule has 0 amide bonds. The topological polar surface area (TPSA) is 26.3 Å². The van der Waals surface area contributed by atoms with Gasteiger partial charge in [0, 0.05) is 6.42 Å². The molecule has 138 valence electrons. The minimum atomic E-state index is -0.124. The molecule has 3 aliphatic carbocycles. The Hall–Kier alpha value is -1.31. The van der Waals surface area contributed by atoms with E-state index in [4.69, 9.17) is 4.74 Å². The average molecular weight is 343 g/mol. The van der Waals surface area contributed by atoms with Crippen molar-refractivity contribution in [2.24, 2.45) is 5.41 Å². The van der Waals surface area contributed by atoms with Crippen LogP contribution in [0, 0.1) is 5.41 Å². The molecule has 0 spiro atoms. The summed E-state index contributed by atoms with van der Waals surface area (Å²) in [6, 6.07) is 8.42. The summed E-state index contributed by atoms with van der Waals surface area (Å²) in [5.41, 5.74) is 2.51. The number of benzene rings is 1. The Kier molecular flexibility index (Phi) is 5.86. The van der Waals surface area contributed by atoms with Gasteiger partial charge in [0.25, 0.3) is 0 Å². The van der Waals surface area contributed by atoms with E-state index in [1.165, 1.54) is 69.8 Å². The van der Waals surface area contributed by atoms with E-state index in [0.717, 1.165) is 6.42 Å². The van der Waals surface area contributed by atoms with Gasteiger partial charge >= 0.3 is 5.97 Å². The molecule has 0 radical (unpaired) electrons. The van der Waals surface area contributed by atoms with Crippen LogP contribution in [0.15, 0.2) is 24.3 Å². The smallest absolute Gasteiger partial charge is 0.311 e. The lowest BCUT2D eigenvalue weighted by atomic mass is 9.51. The largest absolute Gasteiger partial charge is 0.427 e. The van der Waals surface area contributed by atoms with E-state index in [2.05, 4.69) is 19.1 Å². The monoisotopic (exact) mass is 342 g/mol. The van der Waals surface area contributed by atoms with E-state index in [-0.39, 0.29) is 5.97 Å². The average Bonchev–Trinajstić information content (AvgIpc) is 2.64. The summed E-state index contributed by atoms with van der Waals surface area (Å²) in [5, 5.41) is 0. The van der Waals surface area contributed by atoms with Crippen molar-refractivity contribution >= 4 is 5.97 Å². The van der Waals surface area contributed by atoms with Crippen LogP contribution in [0.5, 0.6) is 5.75 Å². The Bertz CT molecular complexity index is 548. The lowest BCUT2D eigenvalue weighted by Crippen LogP contribution is -2.44. The first kappa shape index (κ1) is 18.5. The van der Waals surface area contributed by atoms with Crippen molar-refractivity contribution in [2.75, 3.05) is 0 Å². The van der Waals surface area contributed by atoms with Crippen LogP contribution in [-0.4, -0.2) is 5.97 Å². The highest BCUT2D eigenvalue weighted by Gasteiger charge is 2.48. The minimum Gasteiger partial charge on any atom is -0.427 e. The van der Waals surface area contributed by atoms with Crippen molar-refractivity contribution in [3.05, 3.63) is 29.8 Å². The van der Waals surface area contributed by atoms with Crippen molar-refractivity contribution < 1.29 is 9.53 Å². The number of carbonyl (C=O) groups is 1. The molecule has 2 nitrogen and oxygen atoms in total. The Labute approximate surface area is 153 Å². The number of carbonyl (C=O) groups excluding carboxylic acids is 1. The fourth-order valence-corrected chi connectivity index (χ4v) is 5.08. The molecule has 1 aromatic rings. The molecule has 3 fully saturated rings. The molecule has 2 bridgehead atoms. The molecule has 25 heavy (non-hydrogen) atoms. The number of hydrogen-bond donors (Lipinski definition) is 0. The maximum atomic E-state index is 11.6. The fourth-order valence-electron chi connectivity index (χ4n) is 5.08. The Balaban J connectivity index is 1.61. The zero-order valence-corrected chi connectivity index (χ0v) is 16.1. The zero-order chi connectivity index (χ0) is 17.8. The SMILES string of the molecule is CCCCCC12CCC(c3ccc(OC(=O)CCC)cc3)(CC1)CC2. The van der Waals surface area contributed by atoms with Crippen molar-refractivity contribution in [3.8, 4) is 5.75 Å². The van der Waals surface area contributed by atoms with Gasteiger partial charge in [-0.3, -0.25) is 4.79 Å². The van der Waals surface area contributed by atoms with Crippen molar-refractivity contribution in [3.63, 3.8) is 0 Å². The lowest BCUT2D eigenvalue weighted by molar-refractivity contribution is -0.134. The van der Waals surface area contributed by atoms with Gasteiger partial charge in [-0.2, -0.15) is 0 Å². The molecular formula is C23H34O2. The summed E-state index contributed by atoms with van der Waals surface area (Å²) < 4.78 is 5.41. The zero-order valence-electron chi connectivity index (χ0n) is 16.1. The van der Waals surface area contributed by atoms with Crippen LogP contribution in [0.4, 0.5) is 0 Å². The Morgan fingerprint density at radius 2 is 1.56 bits per heavy atom. The summed E-state index contributed by atoms with van der Waals surface area (Å²) in [6.07, 6.45) is 15.2. The lowest BCUT2D eigenvalue weighted by Gasteiger charge is -2.54. The normalized spacial score (nSPS) is 28.1. The minimum absolute atomic E-state index is 0.124. The van der Waals surface area contributed by atoms with Crippen LogP contribution in [-0.2, 0) is 10.2 Å². The van der Waals surface area contributed by atoms with Crippen LogP contribution < -0.4 is 4.74 Å². The van der Waals surface area contributed by atoms with Crippen LogP contribution in [0.25, 0.3) is 0 Å². The predicted molar refractivity (Wildman–Crippen MR) is 103 cm³/mol. The molecule has 1 aromatic carbocycles. The van der Waals surface area contributed by atoms with Gasteiger partial charge in [0.2, 0.25) is 0 Å². The second-order valence-corrected chi connectivity index (χ2v) is 8.49. The molecule has 0 aliphatic heterocycles. The van der Waals surface area contributed by atoms with Gasteiger partial charge < -0.3 is 4.74 Å². The fraction of sp³-hybridized carbons (Fsp3) is 0.696. The molecule has 0 unspecified atom stereocenters. The number of esters is 1. The highest BCUT2D eigenvalue weighted by molar-refractivity contribution is 5.72. The summed E-state index contributed by atoms with van der Waals surface area (Å²) in [5.74, 6) is 0.569. The van der Waals surface area contributed by atoms with Gasteiger partial charge in [-0.15, -0.1) is 0 Å². The van der Waals surface area contributed by atoms with Gasteiger partial charge in [-0.1, -0.05) is 45.2 Å². The molecule has 3 saturated carbocycles. The van der Waals surface area contributed by atoms with Crippen LogP contribution in [0.2, 0.25) is 0 Å². The van der Waals surface area contributed by atoms with E-state index < -0.39 is 0 Å². The van der Waals surface area contributed by atoms with Gasteiger partial charge in [-0.25, -0.2) is 0 Å². The van der Waals surface area contributed by atoms with E-state index in [1.54, 1.807) is 0 Å². The molecule has 0 aromatic heterocycles. The first-order chi connectivity index (χ1) is 12.1. The van der Waals surface area contributed by atoms with Gasteiger partial charge in [0.05, 0.1) is 0 Å². The highest BCUT2D eigenvalue weighted by atomic mass is 16.5. The third kappa shape index (κ3) is 4.10. The first-order valence-electron chi connectivity index (χ1n) is 10.4. The molecule has 0 atom stereocenters. The van der Waals surface area contributed by atoms with Crippen molar-refractivity contribution in [2.45, 2.75) is 96.3 Å². The molecule has 0 N–H and O–H groups in total. The maximum absolute atomic E-state index is 11.6. The molecule has 4 rings (SSSR count). The maximum Gasteiger partial charge on any atom is 0.311 e. The van der Waals surface area contributed by atoms with E-state index in [9.17, 15) is 4.79 Å². The van der Waals surface area contributed by atoms with E-state index in [1.807, 2.05) is 19.1 Å². The van der Waals surface area contributed by atoms with E-state index in [0.29, 0.717) is 23.0 Å². The molecule has 0 heterocycles. The van der Waals surface area contributed by atoms with Crippen LogP contribution in [0.3, 0.4) is 0 Å². The van der Waals surface area contributed by atoms with E-state index >= 15 is 0 Å². The summed E-state index contributed by atoms with van der Waals surface area (Å²) >= 11 is 0. The number of unbranched alkanes of at least 4 members (excludes halogenated alkanes) is 2. The quantitative estimate of drug-likeness (QED) is 0.303. The van der Waals surface area contributed by atoms with Crippen LogP contribution >= 0.6 is 0 Å². The number of ether oxygens (including phenoxy) is 1.